The van der Waals surface area contributed by atoms with E-state index in [1.54, 1.807) is 4.68 Å². The molecular weight excluding hydrogens is 238 g/mol. The fourth-order valence-corrected chi connectivity index (χ4v) is 4.24. The minimum Gasteiger partial charge on any atom is -0.472 e. The van der Waals surface area contributed by atoms with Crippen LogP contribution in [0.5, 0.6) is 5.88 Å². The van der Waals surface area contributed by atoms with Gasteiger partial charge in [-0.25, -0.2) is 4.68 Å². The molecule has 2 aliphatic rings. The molecule has 0 saturated heterocycles. The number of anilines is 1. The molecule has 0 aromatic carbocycles. The normalized spacial score (nSPS) is 35.8. The van der Waals surface area contributed by atoms with E-state index >= 15 is 0 Å². The lowest BCUT2D eigenvalue weighted by molar-refractivity contribution is 0.0252. The van der Waals surface area contributed by atoms with Gasteiger partial charge >= 0.3 is 0 Å². The highest BCUT2D eigenvalue weighted by Gasteiger charge is 2.62. The second-order valence-corrected chi connectivity index (χ2v) is 7.14. The van der Waals surface area contributed by atoms with E-state index in [4.69, 9.17) is 10.5 Å². The lowest BCUT2D eigenvalue weighted by Gasteiger charge is -2.38. The summed E-state index contributed by atoms with van der Waals surface area (Å²) in [6, 6.07) is 0. The number of aromatic nitrogens is 2. The van der Waals surface area contributed by atoms with Gasteiger partial charge in [-0.05, 0) is 37.5 Å². The SMILES string of the molecule is Cc1nn(C)c(OC2CC3CCC2(C)C3(C)C)c1N. The van der Waals surface area contributed by atoms with Crippen molar-refractivity contribution in [3.8, 4) is 5.88 Å². The maximum absolute atomic E-state index is 6.31. The highest BCUT2D eigenvalue weighted by atomic mass is 16.5. The molecule has 2 N–H and O–H groups in total. The molecule has 1 aromatic heterocycles. The van der Waals surface area contributed by atoms with Crippen LogP contribution in [-0.4, -0.2) is 15.9 Å². The molecule has 0 spiro atoms. The highest BCUT2D eigenvalue weighted by molar-refractivity contribution is 5.52. The largest absolute Gasteiger partial charge is 0.472 e. The van der Waals surface area contributed by atoms with Gasteiger partial charge in [0, 0.05) is 12.5 Å². The molecule has 3 unspecified atom stereocenters. The number of ether oxygens (including phenoxy) is 1. The predicted octanol–water partition coefficient (Wildman–Crippen LogP) is 2.90. The van der Waals surface area contributed by atoms with Gasteiger partial charge < -0.3 is 10.5 Å². The van der Waals surface area contributed by atoms with Gasteiger partial charge in [0.2, 0.25) is 5.88 Å². The minimum atomic E-state index is 0.252. The average molecular weight is 263 g/mol. The highest BCUT2D eigenvalue weighted by Crippen LogP contribution is 2.66. The molecule has 2 aliphatic carbocycles. The zero-order valence-corrected chi connectivity index (χ0v) is 12.7. The molecule has 1 heterocycles. The molecule has 4 heteroatoms. The maximum atomic E-state index is 6.31. The van der Waals surface area contributed by atoms with E-state index in [-0.39, 0.29) is 11.5 Å². The molecule has 4 nitrogen and oxygen atoms in total. The quantitative estimate of drug-likeness (QED) is 0.892. The molecule has 0 aliphatic heterocycles. The second-order valence-electron chi connectivity index (χ2n) is 7.14. The summed E-state index contributed by atoms with van der Waals surface area (Å²) in [6.07, 6.45) is 4.00. The van der Waals surface area contributed by atoms with Gasteiger partial charge in [0.15, 0.2) is 0 Å². The van der Waals surface area contributed by atoms with Gasteiger partial charge in [0.25, 0.3) is 0 Å². The van der Waals surface area contributed by atoms with Gasteiger partial charge in [-0.1, -0.05) is 20.8 Å². The Morgan fingerprint density at radius 3 is 2.47 bits per heavy atom. The molecule has 2 saturated carbocycles. The van der Waals surface area contributed by atoms with Crippen molar-refractivity contribution >= 4 is 5.69 Å². The van der Waals surface area contributed by atoms with Gasteiger partial charge in [-0.15, -0.1) is 0 Å². The van der Waals surface area contributed by atoms with E-state index in [1.165, 1.54) is 12.8 Å². The summed E-state index contributed by atoms with van der Waals surface area (Å²) in [5, 5.41) is 4.34. The topological polar surface area (TPSA) is 53.1 Å². The number of nitrogen functional groups attached to an aromatic ring is 1. The van der Waals surface area contributed by atoms with E-state index in [1.807, 2.05) is 14.0 Å². The summed E-state index contributed by atoms with van der Waals surface area (Å²) in [5.74, 6) is 1.52. The van der Waals surface area contributed by atoms with Crippen molar-refractivity contribution in [2.45, 2.75) is 53.1 Å². The summed E-state index contributed by atoms with van der Waals surface area (Å²) in [5.41, 5.74) is 8.23. The number of fused-ring (bicyclic) bond motifs is 2. The Balaban J connectivity index is 1.90. The number of rotatable bonds is 2. The van der Waals surface area contributed by atoms with Crippen LogP contribution in [0.4, 0.5) is 5.69 Å². The summed E-state index contributed by atoms with van der Waals surface area (Å²) >= 11 is 0. The minimum absolute atomic E-state index is 0.252. The predicted molar refractivity (Wildman–Crippen MR) is 76.0 cm³/mol. The number of hydrogen-bond donors (Lipinski definition) is 1. The molecular formula is C15H25N3O. The summed E-state index contributed by atoms with van der Waals surface area (Å²) in [7, 11) is 1.90. The van der Waals surface area contributed by atoms with Crippen LogP contribution in [0.1, 0.15) is 45.7 Å². The number of nitrogens with zero attached hydrogens (tertiary/aromatic N) is 2. The van der Waals surface area contributed by atoms with E-state index in [0.29, 0.717) is 11.1 Å². The molecule has 3 rings (SSSR count). The van der Waals surface area contributed by atoms with Crippen LogP contribution in [0, 0.1) is 23.7 Å². The smallest absolute Gasteiger partial charge is 0.236 e. The summed E-state index contributed by atoms with van der Waals surface area (Å²) in [4.78, 5) is 0. The zero-order valence-electron chi connectivity index (χ0n) is 12.7. The molecule has 3 atom stereocenters. The molecule has 19 heavy (non-hydrogen) atoms. The average Bonchev–Trinajstić information content (AvgIpc) is 2.77. The van der Waals surface area contributed by atoms with E-state index < -0.39 is 0 Å². The van der Waals surface area contributed by atoms with Crippen LogP contribution >= 0.6 is 0 Å². The van der Waals surface area contributed by atoms with Crippen molar-refractivity contribution in [2.24, 2.45) is 23.8 Å². The van der Waals surface area contributed by atoms with Gasteiger partial charge in [-0.3, -0.25) is 0 Å². The van der Waals surface area contributed by atoms with Gasteiger partial charge in [0.05, 0.1) is 5.69 Å². The number of hydrogen-bond acceptors (Lipinski definition) is 3. The van der Waals surface area contributed by atoms with E-state index in [9.17, 15) is 0 Å². The van der Waals surface area contributed by atoms with E-state index in [2.05, 4.69) is 25.9 Å². The Kier molecular flexibility index (Phi) is 2.48. The van der Waals surface area contributed by atoms with Crippen molar-refractivity contribution in [3.05, 3.63) is 5.69 Å². The van der Waals surface area contributed by atoms with Crippen LogP contribution in [0.25, 0.3) is 0 Å². The Bertz CT molecular complexity index is 520. The van der Waals surface area contributed by atoms with Crippen LogP contribution < -0.4 is 10.5 Å². The first-order chi connectivity index (χ1) is 8.77. The first-order valence-electron chi connectivity index (χ1n) is 7.23. The molecule has 2 fully saturated rings. The summed E-state index contributed by atoms with van der Waals surface area (Å²) < 4.78 is 8.08. The van der Waals surface area contributed by atoms with Crippen molar-refractivity contribution in [1.29, 1.82) is 0 Å². The van der Waals surface area contributed by atoms with E-state index in [0.717, 1.165) is 23.9 Å². The first-order valence-corrected chi connectivity index (χ1v) is 7.23. The maximum Gasteiger partial charge on any atom is 0.236 e. The van der Waals surface area contributed by atoms with Crippen molar-refractivity contribution in [3.63, 3.8) is 0 Å². The van der Waals surface area contributed by atoms with Crippen molar-refractivity contribution in [2.75, 3.05) is 5.73 Å². The standard InChI is InChI=1S/C15H25N3O/c1-9-12(16)13(18(5)17-9)19-11-8-10-6-7-15(11,4)14(10,2)3/h10-11H,6-8,16H2,1-5H3. The van der Waals surface area contributed by atoms with Crippen LogP contribution in [0.2, 0.25) is 0 Å². The Labute approximate surface area is 115 Å². The van der Waals surface area contributed by atoms with Gasteiger partial charge in [-0.2, -0.15) is 5.10 Å². The molecule has 1 aromatic rings. The fraction of sp³-hybridized carbons (Fsp3) is 0.800. The van der Waals surface area contributed by atoms with Crippen LogP contribution in [0.15, 0.2) is 0 Å². The molecule has 0 amide bonds. The first kappa shape index (κ1) is 12.8. The lowest BCUT2D eigenvalue weighted by atomic mass is 9.70. The van der Waals surface area contributed by atoms with Gasteiger partial charge in [0.1, 0.15) is 11.8 Å². The fourth-order valence-electron chi connectivity index (χ4n) is 4.24. The molecule has 106 valence electrons. The van der Waals surface area contributed by atoms with Crippen LogP contribution in [-0.2, 0) is 7.05 Å². The van der Waals surface area contributed by atoms with Crippen LogP contribution in [0.3, 0.4) is 0 Å². The summed E-state index contributed by atoms with van der Waals surface area (Å²) in [6.45, 7) is 9.09. The Morgan fingerprint density at radius 1 is 1.37 bits per heavy atom. The number of aryl methyl sites for hydroxylation is 2. The zero-order chi connectivity index (χ0) is 14.0. The second kappa shape index (κ2) is 3.68. The van der Waals surface area contributed by atoms with Crippen molar-refractivity contribution in [1.82, 2.24) is 9.78 Å². The lowest BCUT2D eigenvalue weighted by Crippen LogP contribution is -2.39. The van der Waals surface area contributed by atoms with Crippen molar-refractivity contribution < 1.29 is 4.74 Å². The monoisotopic (exact) mass is 263 g/mol. The third-order valence-electron chi connectivity index (χ3n) is 6.18. The molecule has 0 radical (unpaired) electrons. The third-order valence-corrected chi connectivity index (χ3v) is 6.18. The molecule has 2 bridgehead atoms. The number of nitrogens with two attached hydrogens (primary N) is 1. The Morgan fingerprint density at radius 2 is 2.05 bits per heavy atom. The Hall–Kier alpha value is -1.19. The third kappa shape index (κ3) is 1.49.